The van der Waals surface area contributed by atoms with E-state index in [1.165, 1.54) is 12.8 Å². The Kier molecular flexibility index (Phi) is 5.56. The number of hydrogen-bond acceptors (Lipinski definition) is 7. The summed E-state index contributed by atoms with van der Waals surface area (Å²) in [5.41, 5.74) is 0.573. The fourth-order valence-electron chi connectivity index (χ4n) is 6.32. The predicted octanol–water partition coefficient (Wildman–Crippen LogP) is 2.45. The molecule has 7 heteroatoms. The van der Waals surface area contributed by atoms with Gasteiger partial charge in [-0.05, 0) is 44.4 Å². The quantitative estimate of drug-likeness (QED) is 0.661. The normalized spacial score (nSPS) is 39.8. The van der Waals surface area contributed by atoms with Crippen LogP contribution in [0, 0.1) is 10.8 Å². The van der Waals surface area contributed by atoms with E-state index in [1.807, 2.05) is 20.8 Å². The number of carbonyl (C=O) groups is 1. The van der Waals surface area contributed by atoms with Gasteiger partial charge in [0, 0.05) is 37.5 Å². The van der Waals surface area contributed by atoms with Crippen LogP contribution in [-0.2, 0) is 9.53 Å². The van der Waals surface area contributed by atoms with Crippen molar-refractivity contribution < 1.29 is 9.53 Å². The summed E-state index contributed by atoms with van der Waals surface area (Å²) in [6.45, 7) is 19.0. The van der Waals surface area contributed by atoms with E-state index in [0.29, 0.717) is 34.2 Å². The van der Waals surface area contributed by atoms with Crippen molar-refractivity contribution >= 4 is 17.7 Å². The van der Waals surface area contributed by atoms with Crippen LogP contribution in [0.25, 0.3) is 0 Å². The van der Waals surface area contributed by atoms with Crippen LogP contribution in [0.15, 0.2) is 0 Å². The van der Waals surface area contributed by atoms with Gasteiger partial charge in [-0.15, -0.1) is 11.8 Å². The molecule has 0 aromatic rings. The molecule has 5 unspecified atom stereocenters. The molecule has 3 aliphatic heterocycles. The Bertz CT molecular complexity index is 647. The molecule has 4 aliphatic rings. The third-order valence-corrected chi connectivity index (χ3v) is 8.82. The maximum atomic E-state index is 13.0. The molecule has 0 radical (unpaired) electrons. The lowest BCUT2D eigenvalue weighted by molar-refractivity contribution is -0.165. The minimum atomic E-state index is -0.456. The van der Waals surface area contributed by atoms with Crippen molar-refractivity contribution in [3.05, 3.63) is 0 Å². The SMILES string of the molecule is CC1(C)CC2C(SC3NCC(N4CCNCC4C(=O)OC(C)(C)C)N32)C(C)(C)C1. The van der Waals surface area contributed by atoms with Crippen LogP contribution in [-0.4, -0.2) is 76.5 Å². The molecule has 0 bridgehead atoms. The first kappa shape index (κ1) is 21.9. The fraction of sp³-hybridized carbons (Fsp3) is 0.955. The molecule has 1 aliphatic carbocycles. The Morgan fingerprint density at radius 3 is 2.59 bits per heavy atom. The summed E-state index contributed by atoms with van der Waals surface area (Å²) in [4.78, 5) is 18.1. The Morgan fingerprint density at radius 2 is 1.90 bits per heavy atom. The van der Waals surface area contributed by atoms with E-state index in [9.17, 15) is 4.79 Å². The Hall–Kier alpha value is -0.340. The summed E-state index contributed by atoms with van der Waals surface area (Å²) in [6, 6.07) is 0.333. The van der Waals surface area contributed by atoms with Gasteiger partial charge < -0.3 is 10.1 Å². The molecule has 5 atom stereocenters. The topological polar surface area (TPSA) is 56.8 Å². The van der Waals surface area contributed by atoms with Crippen molar-refractivity contribution in [3.8, 4) is 0 Å². The van der Waals surface area contributed by atoms with E-state index in [0.717, 1.165) is 19.6 Å². The highest BCUT2D eigenvalue weighted by Crippen LogP contribution is 2.57. The molecule has 4 rings (SSSR count). The maximum absolute atomic E-state index is 13.0. The number of carbonyl (C=O) groups excluding carboxylic acids is 1. The van der Waals surface area contributed by atoms with Gasteiger partial charge in [0.25, 0.3) is 0 Å². The van der Waals surface area contributed by atoms with E-state index < -0.39 is 5.60 Å². The van der Waals surface area contributed by atoms with Gasteiger partial charge in [-0.25, -0.2) is 0 Å². The Labute approximate surface area is 180 Å². The van der Waals surface area contributed by atoms with Crippen molar-refractivity contribution in [3.63, 3.8) is 0 Å². The fourth-order valence-corrected chi connectivity index (χ4v) is 8.09. The number of ether oxygens (including phenoxy) is 1. The lowest BCUT2D eigenvalue weighted by Crippen LogP contribution is -2.64. The maximum Gasteiger partial charge on any atom is 0.325 e. The van der Waals surface area contributed by atoms with Gasteiger partial charge in [0.1, 0.15) is 17.1 Å². The summed E-state index contributed by atoms with van der Waals surface area (Å²) in [5.74, 6) is -0.0964. The number of thioether (sulfide) groups is 1. The molecule has 1 saturated carbocycles. The second-order valence-electron chi connectivity index (χ2n) is 11.8. The molecule has 3 saturated heterocycles. The van der Waals surface area contributed by atoms with Gasteiger partial charge in [0.05, 0.1) is 6.17 Å². The van der Waals surface area contributed by atoms with E-state index >= 15 is 0 Å². The molecule has 2 N–H and O–H groups in total. The largest absolute Gasteiger partial charge is 0.459 e. The van der Waals surface area contributed by atoms with E-state index in [2.05, 4.69) is 59.9 Å². The van der Waals surface area contributed by atoms with Crippen molar-refractivity contribution in [1.82, 2.24) is 20.4 Å². The van der Waals surface area contributed by atoms with Gasteiger partial charge in [0.15, 0.2) is 0 Å². The molecular weight excluding hydrogens is 384 g/mol. The molecule has 166 valence electrons. The Balaban J connectivity index is 1.57. The smallest absolute Gasteiger partial charge is 0.325 e. The van der Waals surface area contributed by atoms with Gasteiger partial charge in [-0.1, -0.05) is 27.7 Å². The molecule has 6 nitrogen and oxygen atoms in total. The number of rotatable bonds is 2. The number of esters is 1. The molecular formula is C22H40N4O2S. The molecule has 4 fully saturated rings. The Morgan fingerprint density at radius 1 is 1.17 bits per heavy atom. The van der Waals surface area contributed by atoms with Crippen molar-refractivity contribution in [2.24, 2.45) is 10.8 Å². The highest BCUT2D eigenvalue weighted by molar-refractivity contribution is 8.00. The van der Waals surface area contributed by atoms with Crippen molar-refractivity contribution in [1.29, 1.82) is 0 Å². The van der Waals surface area contributed by atoms with Crippen molar-refractivity contribution in [2.75, 3.05) is 26.2 Å². The highest BCUT2D eigenvalue weighted by Gasteiger charge is 2.59. The van der Waals surface area contributed by atoms with Crippen LogP contribution >= 0.6 is 11.8 Å². The third-order valence-electron chi connectivity index (χ3n) is 6.91. The minimum Gasteiger partial charge on any atom is -0.459 e. The zero-order valence-corrected chi connectivity index (χ0v) is 20.1. The van der Waals surface area contributed by atoms with Crippen LogP contribution in [0.5, 0.6) is 0 Å². The highest BCUT2D eigenvalue weighted by atomic mass is 32.2. The van der Waals surface area contributed by atoms with Gasteiger partial charge in [0.2, 0.25) is 0 Å². The number of fused-ring (bicyclic) bond motifs is 3. The summed E-state index contributed by atoms with van der Waals surface area (Å²) in [7, 11) is 0. The second-order valence-corrected chi connectivity index (χ2v) is 13.1. The molecule has 0 amide bonds. The molecule has 29 heavy (non-hydrogen) atoms. The van der Waals surface area contributed by atoms with E-state index in [4.69, 9.17) is 4.74 Å². The standard InChI is InChI=1S/C22H40N4O2S/c1-20(2,3)28-18(27)15-11-23-8-9-25(15)16-12-24-19-26(16)14-10-21(4,5)13-22(6,7)17(14)29-19/h14-17,19,23-24H,8-13H2,1-7H3. The van der Waals surface area contributed by atoms with Crippen molar-refractivity contribution in [2.45, 2.75) is 95.9 Å². The van der Waals surface area contributed by atoms with Crippen LogP contribution in [0.3, 0.4) is 0 Å². The van der Waals surface area contributed by atoms with E-state index in [1.54, 1.807) is 0 Å². The molecule has 0 spiro atoms. The van der Waals surface area contributed by atoms with Gasteiger partial charge >= 0.3 is 5.97 Å². The first-order chi connectivity index (χ1) is 13.4. The van der Waals surface area contributed by atoms with Gasteiger partial charge in [-0.2, -0.15) is 0 Å². The number of nitrogens with one attached hydrogen (secondary N) is 2. The van der Waals surface area contributed by atoms with Crippen LogP contribution < -0.4 is 10.6 Å². The summed E-state index contributed by atoms with van der Waals surface area (Å²) in [5, 5.41) is 7.82. The number of nitrogens with zero attached hydrogens (tertiary/aromatic N) is 2. The van der Waals surface area contributed by atoms with Crippen LogP contribution in [0.4, 0.5) is 0 Å². The third kappa shape index (κ3) is 4.22. The van der Waals surface area contributed by atoms with Crippen LogP contribution in [0.1, 0.15) is 61.3 Å². The zero-order chi connectivity index (χ0) is 21.2. The first-order valence-electron chi connectivity index (χ1n) is 11.2. The summed E-state index contributed by atoms with van der Waals surface area (Å²) in [6.07, 6.45) is 2.76. The molecule has 0 aromatic carbocycles. The molecule has 3 heterocycles. The average Bonchev–Trinajstić information content (AvgIpc) is 3.12. The van der Waals surface area contributed by atoms with Gasteiger partial charge in [-0.3, -0.25) is 19.9 Å². The lowest BCUT2D eigenvalue weighted by Gasteiger charge is -2.51. The average molecular weight is 425 g/mol. The van der Waals surface area contributed by atoms with E-state index in [-0.39, 0.29) is 18.2 Å². The number of hydrogen-bond donors (Lipinski definition) is 2. The zero-order valence-electron chi connectivity index (χ0n) is 19.2. The lowest BCUT2D eigenvalue weighted by atomic mass is 9.63. The summed E-state index contributed by atoms with van der Waals surface area (Å²) >= 11 is 2.12. The number of piperazine rings is 1. The van der Waals surface area contributed by atoms with Crippen LogP contribution in [0.2, 0.25) is 0 Å². The summed E-state index contributed by atoms with van der Waals surface area (Å²) < 4.78 is 5.79. The predicted molar refractivity (Wildman–Crippen MR) is 119 cm³/mol. The monoisotopic (exact) mass is 424 g/mol. The second kappa shape index (κ2) is 7.37. The minimum absolute atomic E-state index is 0.0964. The first-order valence-corrected chi connectivity index (χ1v) is 12.2. The molecule has 0 aromatic heterocycles.